The number of amides is 1. The summed E-state index contributed by atoms with van der Waals surface area (Å²) in [6.07, 6.45) is 3.26. The summed E-state index contributed by atoms with van der Waals surface area (Å²) in [6, 6.07) is 15.4. The first kappa shape index (κ1) is 21.8. The fraction of sp³-hybridized carbons (Fsp3) is 0.320. The van der Waals surface area contributed by atoms with Crippen molar-refractivity contribution in [2.75, 3.05) is 31.2 Å². The molecule has 1 fully saturated rings. The van der Waals surface area contributed by atoms with Gasteiger partial charge in [-0.2, -0.15) is 0 Å². The van der Waals surface area contributed by atoms with Gasteiger partial charge in [-0.3, -0.25) is 4.79 Å². The van der Waals surface area contributed by atoms with Crippen molar-refractivity contribution in [1.29, 1.82) is 0 Å². The van der Waals surface area contributed by atoms with Crippen LogP contribution < -0.4 is 15.0 Å². The van der Waals surface area contributed by atoms with Crippen molar-refractivity contribution < 1.29 is 14.3 Å². The molecule has 1 aliphatic rings. The molecule has 0 bridgehead atoms. The quantitative estimate of drug-likeness (QED) is 0.604. The summed E-state index contributed by atoms with van der Waals surface area (Å²) in [5, 5.41) is 2.96. The lowest BCUT2D eigenvalue weighted by atomic mass is 10.0. The summed E-state index contributed by atoms with van der Waals surface area (Å²) < 4.78 is 11.4. The van der Waals surface area contributed by atoms with E-state index in [1.165, 1.54) is 5.56 Å². The third-order valence-electron chi connectivity index (χ3n) is 5.39. The number of aromatic nitrogens is 2. The number of ether oxygens (including phenoxy) is 2. The van der Waals surface area contributed by atoms with Crippen LogP contribution in [0.4, 0.5) is 5.82 Å². The molecule has 1 aliphatic heterocycles. The molecule has 0 atom stereocenters. The second kappa shape index (κ2) is 10.2. The maximum Gasteiger partial charge on any atom is 0.263 e. The number of hydrogen-bond donors (Lipinski definition) is 1. The van der Waals surface area contributed by atoms with E-state index >= 15 is 0 Å². The summed E-state index contributed by atoms with van der Waals surface area (Å²) in [6.45, 7) is 7.61. The molecular formula is C25H28N4O3. The number of carbonyl (C=O) groups is 1. The van der Waals surface area contributed by atoms with E-state index in [0.29, 0.717) is 48.7 Å². The Hall–Kier alpha value is -3.45. The predicted molar refractivity (Wildman–Crippen MR) is 123 cm³/mol. The van der Waals surface area contributed by atoms with Crippen LogP contribution in [0.2, 0.25) is 0 Å². The van der Waals surface area contributed by atoms with E-state index < -0.39 is 0 Å². The highest BCUT2D eigenvalue weighted by Gasteiger charge is 2.18. The molecule has 1 saturated heterocycles. The Morgan fingerprint density at radius 1 is 1.03 bits per heavy atom. The Balaban J connectivity index is 1.36. The minimum absolute atomic E-state index is 0.127. The topological polar surface area (TPSA) is 76.6 Å². The largest absolute Gasteiger partial charge is 0.436 e. The molecule has 0 aliphatic carbocycles. The van der Waals surface area contributed by atoms with Crippen LogP contribution in [0.5, 0.6) is 11.6 Å². The monoisotopic (exact) mass is 432 g/mol. The van der Waals surface area contributed by atoms with Crippen LogP contribution in [0.3, 0.4) is 0 Å². The lowest BCUT2D eigenvalue weighted by Gasteiger charge is -2.28. The van der Waals surface area contributed by atoms with E-state index in [-0.39, 0.29) is 5.91 Å². The van der Waals surface area contributed by atoms with Crippen molar-refractivity contribution in [3.63, 3.8) is 0 Å². The van der Waals surface area contributed by atoms with Gasteiger partial charge in [0, 0.05) is 37.6 Å². The normalized spacial score (nSPS) is 13.8. The van der Waals surface area contributed by atoms with E-state index in [1.807, 2.05) is 0 Å². The Labute approximate surface area is 188 Å². The molecule has 4 rings (SSSR count). The Morgan fingerprint density at radius 2 is 1.72 bits per heavy atom. The van der Waals surface area contributed by atoms with Gasteiger partial charge in [-0.25, -0.2) is 9.97 Å². The zero-order valence-corrected chi connectivity index (χ0v) is 18.5. The molecule has 7 nitrogen and oxygen atoms in total. The molecule has 1 amide bonds. The molecule has 3 aromatic rings. The molecule has 0 spiro atoms. The zero-order valence-electron chi connectivity index (χ0n) is 18.5. The average Bonchev–Trinajstić information content (AvgIpc) is 2.84. The van der Waals surface area contributed by atoms with Crippen LogP contribution in [0, 0.1) is 0 Å². The molecular weight excluding hydrogens is 404 g/mol. The lowest BCUT2D eigenvalue weighted by molar-refractivity contribution is 0.0951. The van der Waals surface area contributed by atoms with Crippen molar-refractivity contribution in [3.8, 4) is 11.6 Å². The first-order chi connectivity index (χ1) is 15.6. The Morgan fingerprint density at radius 3 is 2.41 bits per heavy atom. The molecule has 2 aromatic carbocycles. The zero-order chi connectivity index (χ0) is 22.3. The average molecular weight is 433 g/mol. The molecule has 0 unspecified atom stereocenters. The smallest absolute Gasteiger partial charge is 0.263 e. The maximum atomic E-state index is 12.5. The third-order valence-corrected chi connectivity index (χ3v) is 5.39. The number of anilines is 1. The number of rotatable bonds is 7. The SMILES string of the molecule is CC(C)c1ccc(CNC(=O)c2ccc(Oc3nccnc3N3CCOCC3)cc2)cc1. The highest BCUT2D eigenvalue weighted by atomic mass is 16.5. The first-order valence-electron chi connectivity index (χ1n) is 10.9. The van der Waals surface area contributed by atoms with Crippen LogP contribution >= 0.6 is 0 Å². The van der Waals surface area contributed by atoms with Crippen molar-refractivity contribution in [3.05, 3.63) is 77.6 Å². The predicted octanol–water partition coefficient (Wildman–Crippen LogP) is 4.16. The van der Waals surface area contributed by atoms with Gasteiger partial charge in [0.2, 0.25) is 0 Å². The van der Waals surface area contributed by atoms with Gasteiger partial charge in [0.25, 0.3) is 11.8 Å². The number of nitrogens with one attached hydrogen (secondary N) is 1. The fourth-order valence-corrected chi connectivity index (χ4v) is 3.47. The standard InChI is InChI=1S/C25H28N4O3/c1-18(2)20-5-3-19(4-6-20)17-28-24(30)21-7-9-22(10-8-21)32-25-23(26-11-12-27-25)29-13-15-31-16-14-29/h3-12,18H,13-17H2,1-2H3,(H,28,30). The molecule has 7 heteroatoms. The van der Waals surface area contributed by atoms with Gasteiger partial charge in [0.05, 0.1) is 13.2 Å². The lowest BCUT2D eigenvalue weighted by Crippen LogP contribution is -2.37. The van der Waals surface area contributed by atoms with Gasteiger partial charge in [0.15, 0.2) is 5.82 Å². The minimum atomic E-state index is -0.127. The Kier molecular flexibility index (Phi) is 6.97. The molecule has 32 heavy (non-hydrogen) atoms. The van der Waals surface area contributed by atoms with Crippen molar-refractivity contribution in [2.45, 2.75) is 26.3 Å². The van der Waals surface area contributed by atoms with E-state index in [9.17, 15) is 4.79 Å². The maximum absolute atomic E-state index is 12.5. The molecule has 0 saturated carbocycles. The fourth-order valence-electron chi connectivity index (χ4n) is 3.47. The summed E-state index contributed by atoms with van der Waals surface area (Å²) in [4.78, 5) is 23.4. The van der Waals surface area contributed by atoms with Gasteiger partial charge in [-0.05, 0) is 41.3 Å². The molecule has 166 valence electrons. The van der Waals surface area contributed by atoms with Crippen LogP contribution in [0.15, 0.2) is 60.9 Å². The summed E-state index contributed by atoms with van der Waals surface area (Å²) in [7, 11) is 0. The number of nitrogens with zero attached hydrogens (tertiary/aromatic N) is 3. The minimum Gasteiger partial charge on any atom is -0.436 e. The van der Waals surface area contributed by atoms with Gasteiger partial charge in [-0.15, -0.1) is 0 Å². The molecule has 1 N–H and O–H groups in total. The third kappa shape index (κ3) is 5.42. The van der Waals surface area contributed by atoms with E-state index in [0.717, 1.165) is 18.7 Å². The van der Waals surface area contributed by atoms with E-state index in [4.69, 9.17) is 9.47 Å². The highest BCUT2D eigenvalue weighted by Crippen LogP contribution is 2.28. The summed E-state index contributed by atoms with van der Waals surface area (Å²) in [5.41, 5.74) is 2.93. The first-order valence-corrected chi connectivity index (χ1v) is 10.9. The number of benzene rings is 2. The van der Waals surface area contributed by atoms with Gasteiger partial charge >= 0.3 is 0 Å². The second-order valence-corrected chi connectivity index (χ2v) is 7.99. The highest BCUT2D eigenvalue weighted by molar-refractivity contribution is 5.94. The van der Waals surface area contributed by atoms with Crippen LogP contribution in [0.1, 0.15) is 41.3 Å². The van der Waals surface area contributed by atoms with Gasteiger partial charge < -0.3 is 19.7 Å². The van der Waals surface area contributed by atoms with Crippen molar-refractivity contribution >= 4 is 11.7 Å². The number of hydrogen-bond acceptors (Lipinski definition) is 6. The second-order valence-electron chi connectivity index (χ2n) is 7.99. The van der Waals surface area contributed by atoms with Gasteiger partial charge in [0.1, 0.15) is 5.75 Å². The summed E-state index contributed by atoms with van der Waals surface area (Å²) >= 11 is 0. The molecule has 1 aromatic heterocycles. The number of morpholine rings is 1. The van der Waals surface area contributed by atoms with Crippen molar-refractivity contribution in [2.24, 2.45) is 0 Å². The molecule has 0 radical (unpaired) electrons. The van der Waals surface area contributed by atoms with E-state index in [2.05, 4.69) is 58.3 Å². The van der Waals surface area contributed by atoms with Crippen molar-refractivity contribution in [1.82, 2.24) is 15.3 Å². The molecule has 2 heterocycles. The van der Waals surface area contributed by atoms with Gasteiger partial charge in [-0.1, -0.05) is 38.1 Å². The Bertz CT molecular complexity index is 1030. The summed E-state index contributed by atoms with van der Waals surface area (Å²) in [5.74, 6) is 2.10. The van der Waals surface area contributed by atoms with Crippen LogP contribution in [-0.4, -0.2) is 42.2 Å². The van der Waals surface area contributed by atoms with Crippen LogP contribution in [-0.2, 0) is 11.3 Å². The van der Waals surface area contributed by atoms with E-state index in [1.54, 1.807) is 36.7 Å². The number of carbonyl (C=O) groups excluding carboxylic acids is 1. The van der Waals surface area contributed by atoms with Crippen LogP contribution in [0.25, 0.3) is 0 Å².